The number of nitro groups is 2. The van der Waals surface area contributed by atoms with E-state index in [1.807, 2.05) is 29.8 Å². The lowest BCUT2D eigenvalue weighted by Crippen LogP contribution is -2.37. The van der Waals surface area contributed by atoms with E-state index in [2.05, 4.69) is 36.0 Å². The predicted octanol–water partition coefficient (Wildman–Crippen LogP) is 5.48. The molecule has 3 aromatic rings. The molecule has 3 heterocycles. The Balaban J connectivity index is 0.000000235. The standard InChI is InChI=1S/C18H23NO2S2.C10H8N4O5/c1-4-19(5-2)13-14(18(20)21-6-3)17(15-9-7-11-22-15)16-10-8-12-23-16;1-6-9(14(18)19)10(15)12(11-6)7-2-4-8(5-3-7)13(16)17/h7-12H,4-6,13H2,1-3H3;2-5,9H,1H3. The number of benzene rings is 1. The number of carbonyl (C=O) groups excluding carboxylic acids is 2. The predicted molar refractivity (Wildman–Crippen MR) is 164 cm³/mol. The Morgan fingerprint density at radius 2 is 1.57 bits per heavy atom. The third-order valence-corrected chi connectivity index (χ3v) is 8.02. The number of esters is 1. The van der Waals surface area contributed by atoms with Crippen LogP contribution in [0.1, 0.15) is 37.4 Å². The normalized spacial score (nSPS) is 14.2. The minimum Gasteiger partial charge on any atom is -0.463 e. The quantitative estimate of drug-likeness (QED) is 0.119. The van der Waals surface area contributed by atoms with E-state index in [-0.39, 0.29) is 23.1 Å². The lowest BCUT2D eigenvalue weighted by molar-refractivity contribution is -0.488. The number of non-ortho nitro benzene ring substituents is 1. The van der Waals surface area contributed by atoms with Gasteiger partial charge in [0.2, 0.25) is 0 Å². The van der Waals surface area contributed by atoms with Crippen LogP contribution in [0.25, 0.3) is 5.57 Å². The highest BCUT2D eigenvalue weighted by molar-refractivity contribution is 7.13. The summed E-state index contributed by atoms with van der Waals surface area (Å²) in [6.45, 7) is 10.3. The minimum absolute atomic E-state index is 0.0772. The monoisotopic (exact) mass is 613 g/mol. The molecule has 1 aromatic carbocycles. The van der Waals surface area contributed by atoms with Gasteiger partial charge in [0.25, 0.3) is 5.69 Å². The molecule has 1 aliphatic heterocycles. The van der Waals surface area contributed by atoms with Crippen LogP contribution >= 0.6 is 22.7 Å². The molecule has 0 N–H and O–H groups in total. The summed E-state index contributed by atoms with van der Waals surface area (Å²) < 4.78 is 5.36. The number of carbonyl (C=O) groups is 2. The zero-order chi connectivity index (χ0) is 30.8. The Labute approximate surface area is 250 Å². The van der Waals surface area contributed by atoms with Crippen molar-refractivity contribution in [1.29, 1.82) is 0 Å². The number of thiophene rings is 2. The Kier molecular flexibility index (Phi) is 11.6. The number of hydrogen-bond donors (Lipinski definition) is 0. The second-order valence-electron chi connectivity index (χ2n) is 8.84. The summed E-state index contributed by atoms with van der Waals surface area (Å²) in [6, 6.07) is 11.7. The first kappa shape index (κ1) is 32.2. The van der Waals surface area contributed by atoms with Gasteiger partial charge in [0.05, 0.1) is 22.8 Å². The van der Waals surface area contributed by atoms with Crippen molar-refractivity contribution in [3.63, 3.8) is 0 Å². The van der Waals surface area contributed by atoms with E-state index in [0.717, 1.165) is 39.0 Å². The van der Waals surface area contributed by atoms with Crippen molar-refractivity contribution in [2.24, 2.45) is 5.10 Å². The maximum absolute atomic E-state index is 12.6. The second-order valence-corrected chi connectivity index (χ2v) is 10.7. The van der Waals surface area contributed by atoms with Gasteiger partial charge in [-0.15, -0.1) is 22.7 Å². The number of likely N-dealkylation sites (N-methyl/N-ethyl adjacent to an activating group) is 1. The van der Waals surface area contributed by atoms with Gasteiger partial charge in [-0.1, -0.05) is 26.0 Å². The van der Waals surface area contributed by atoms with Gasteiger partial charge in [-0.3, -0.25) is 29.9 Å². The van der Waals surface area contributed by atoms with Crippen molar-refractivity contribution < 1.29 is 24.2 Å². The average Bonchev–Trinajstić information content (AvgIpc) is 3.74. The van der Waals surface area contributed by atoms with Gasteiger partial charge >= 0.3 is 17.9 Å². The number of rotatable bonds is 11. The molecule has 0 bridgehead atoms. The van der Waals surface area contributed by atoms with Crippen molar-refractivity contribution in [2.45, 2.75) is 33.7 Å². The fourth-order valence-electron chi connectivity index (χ4n) is 4.09. The van der Waals surface area contributed by atoms with Crippen LogP contribution in [0.2, 0.25) is 0 Å². The highest BCUT2D eigenvalue weighted by atomic mass is 32.1. The zero-order valence-corrected chi connectivity index (χ0v) is 25.2. The molecule has 12 nitrogen and oxygen atoms in total. The molecule has 1 atom stereocenters. The molecular weight excluding hydrogens is 582 g/mol. The van der Waals surface area contributed by atoms with Crippen LogP contribution in [0.4, 0.5) is 11.4 Å². The Morgan fingerprint density at radius 3 is 1.98 bits per heavy atom. The van der Waals surface area contributed by atoms with Crippen LogP contribution in [0.5, 0.6) is 0 Å². The average molecular weight is 614 g/mol. The molecule has 222 valence electrons. The summed E-state index contributed by atoms with van der Waals surface area (Å²) in [5, 5.41) is 30.0. The van der Waals surface area contributed by atoms with Crippen molar-refractivity contribution in [3.8, 4) is 0 Å². The van der Waals surface area contributed by atoms with Gasteiger partial charge in [-0.25, -0.2) is 4.79 Å². The summed E-state index contributed by atoms with van der Waals surface area (Å²) in [5.74, 6) is -0.993. The van der Waals surface area contributed by atoms with E-state index >= 15 is 0 Å². The smallest absolute Gasteiger partial charge is 0.336 e. The first-order chi connectivity index (χ1) is 20.1. The number of nitro benzene ring substituents is 1. The molecule has 14 heteroatoms. The molecule has 4 rings (SSSR count). The SMILES string of the molecule is CC1=NN(c2ccc([N+](=O)[O-])cc2)C(=O)C1[N+](=O)[O-].CCOC(=O)C(CN(CC)CC)=C(c1cccs1)c1cccs1. The van der Waals surface area contributed by atoms with Gasteiger partial charge in [0, 0.05) is 38.9 Å². The number of anilines is 1. The third-order valence-electron chi connectivity index (χ3n) is 6.25. The molecule has 2 aromatic heterocycles. The van der Waals surface area contributed by atoms with Crippen LogP contribution < -0.4 is 5.01 Å². The fraction of sp³-hybridized carbons (Fsp3) is 0.321. The molecule has 0 saturated carbocycles. The molecular formula is C28H31N5O7S2. The Hall–Kier alpha value is -4.27. The van der Waals surface area contributed by atoms with Gasteiger partial charge < -0.3 is 4.74 Å². The lowest BCUT2D eigenvalue weighted by atomic mass is 10.0. The number of hydrogen-bond acceptors (Lipinski definition) is 11. The van der Waals surface area contributed by atoms with Crippen LogP contribution in [-0.2, 0) is 14.3 Å². The first-order valence-electron chi connectivity index (χ1n) is 13.1. The fourth-order valence-corrected chi connectivity index (χ4v) is 5.78. The second kappa shape index (κ2) is 15.1. The number of amides is 1. The molecule has 0 aliphatic carbocycles. The van der Waals surface area contributed by atoms with Crippen molar-refractivity contribution in [2.75, 3.05) is 31.3 Å². The molecule has 1 amide bonds. The summed E-state index contributed by atoms with van der Waals surface area (Å²) in [7, 11) is 0. The van der Waals surface area contributed by atoms with Crippen molar-refractivity contribution >= 4 is 57.2 Å². The van der Waals surface area contributed by atoms with Gasteiger partial charge in [-0.2, -0.15) is 10.1 Å². The Morgan fingerprint density at radius 1 is 1.00 bits per heavy atom. The van der Waals surface area contributed by atoms with Crippen molar-refractivity contribution in [1.82, 2.24) is 4.90 Å². The van der Waals surface area contributed by atoms with Crippen molar-refractivity contribution in [3.05, 3.63) is 94.8 Å². The van der Waals surface area contributed by atoms with E-state index in [1.165, 1.54) is 31.2 Å². The summed E-state index contributed by atoms with van der Waals surface area (Å²) >= 11 is 3.32. The van der Waals surface area contributed by atoms with Crippen LogP contribution in [0.3, 0.4) is 0 Å². The molecule has 0 saturated heterocycles. The van der Waals surface area contributed by atoms with E-state index in [1.54, 1.807) is 22.7 Å². The number of nitrogens with zero attached hydrogens (tertiary/aromatic N) is 5. The van der Waals surface area contributed by atoms with E-state index in [0.29, 0.717) is 13.2 Å². The summed E-state index contributed by atoms with van der Waals surface area (Å²) in [6.07, 6.45) is 0. The summed E-state index contributed by atoms with van der Waals surface area (Å²) in [4.78, 5) is 48.9. The molecule has 1 aliphatic rings. The molecule has 0 radical (unpaired) electrons. The van der Waals surface area contributed by atoms with Crippen LogP contribution in [-0.4, -0.2) is 64.6 Å². The zero-order valence-electron chi connectivity index (χ0n) is 23.6. The Bertz CT molecular complexity index is 1410. The topological polar surface area (TPSA) is 148 Å². The largest absolute Gasteiger partial charge is 0.463 e. The molecule has 42 heavy (non-hydrogen) atoms. The highest BCUT2D eigenvalue weighted by Crippen LogP contribution is 2.34. The third kappa shape index (κ3) is 7.72. The van der Waals surface area contributed by atoms with Crippen LogP contribution in [0, 0.1) is 20.2 Å². The number of ether oxygens (including phenoxy) is 1. The molecule has 1 unspecified atom stereocenters. The number of hydrazone groups is 1. The van der Waals surface area contributed by atoms with Gasteiger partial charge in [0.1, 0.15) is 5.71 Å². The molecule has 0 fully saturated rings. The minimum atomic E-state index is -1.49. The first-order valence-corrected chi connectivity index (χ1v) is 14.9. The lowest BCUT2D eigenvalue weighted by Gasteiger charge is -2.21. The van der Waals surface area contributed by atoms with Gasteiger partial charge in [-0.05, 0) is 62.0 Å². The van der Waals surface area contributed by atoms with E-state index < -0.39 is 21.8 Å². The maximum Gasteiger partial charge on any atom is 0.336 e. The highest BCUT2D eigenvalue weighted by Gasteiger charge is 2.43. The summed E-state index contributed by atoms with van der Waals surface area (Å²) in [5.41, 5.74) is 1.95. The van der Waals surface area contributed by atoms with E-state index in [9.17, 15) is 29.8 Å². The maximum atomic E-state index is 12.6. The molecule has 0 spiro atoms. The van der Waals surface area contributed by atoms with Gasteiger partial charge in [0.15, 0.2) is 0 Å². The van der Waals surface area contributed by atoms with Crippen LogP contribution in [0.15, 0.2) is 70.0 Å². The van der Waals surface area contributed by atoms with E-state index in [4.69, 9.17) is 4.74 Å².